The van der Waals surface area contributed by atoms with Crippen LogP contribution in [0.3, 0.4) is 0 Å². The van der Waals surface area contributed by atoms with Gasteiger partial charge in [-0.1, -0.05) is 23.7 Å². The topological polar surface area (TPSA) is 61.4 Å². The van der Waals surface area contributed by atoms with Crippen LogP contribution >= 0.6 is 11.6 Å². The molecule has 0 radical (unpaired) electrons. The molecule has 0 bridgehead atoms. The van der Waals surface area contributed by atoms with Crippen LogP contribution in [0.25, 0.3) is 0 Å². The van der Waals surface area contributed by atoms with Gasteiger partial charge in [0.15, 0.2) is 0 Å². The molecule has 0 aliphatic rings. The van der Waals surface area contributed by atoms with Gasteiger partial charge >= 0.3 is 0 Å². The molecule has 1 aromatic rings. The molecule has 0 fully saturated rings. The van der Waals surface area contributed by atoms with Crippen molar-refractivity contribution in [2.75, 3.05) is 20.6 Å². The molecule has 2 N–H and O–H groups in total. The number of halogens is 1. The summed E-state index contributed by atoms with van der Waals surface area (Å²) < 4.78 is 28.7. The Morgan fingerprint density at radius 1 is 1.30 bits per heavy atom. The van der Waals surface area contributed by atoms with Crippen molar-refractivity contribution in [3.63, 3.8) is 0 Å². The number of hydrogen-bond donors (Lipinski definition) is 2. The minimum absolute atomic E-state index is 0.0857. The van der Waals surface area contributed by atoms with Crippen molar-refractivity contribution in [1.82, 2.24) is 14.3 Å². The Bertz CT molecular complexity index is 532. The fraction of sp³-hybridized carbons (Fsp3) is 0.538. The second-order valence-corrected chi connectivity index (χ2v) is 7.13. The largest absolute Gasteiger partial charge is 0.301 e. The first-order valence-corrected chi connectivity index (χ1v) is 8.26. The summed E-state index contributed by atoms with van der Waals surface area (Å²) in [6.45, 7) is 3.83. The highest BCUT2D eigenvalue weighted by Crippen LogP contribution is 2.21. The van der Waals surface area contributed by atoms with Gasteiger partial charge in [0.1, 0.15) is 0 Å². The third kappa shape index (κ3) is 5.76. The molecule has 20 heavy (non-hydrogen) atoms. The average Bonchev–Trinajstić information content (AvgIpc) is 2.26. The van der Waals surface area contributed by atoms with Gasteiger partial charge in [-0.2, -0.15) is 13.1 Å². The van der Waals surface area contributed by atoms with Gasteiger partial charge in [0.2, 0.25) is 0 Å². The molecule has 1 unspecified atom stereocenters. The third-order valence-corrected chi connectivity index (χ3v) is 4.28. The van der Waals surface area contributed by atoms with Crippen LogP contribution in [0.4, 0.5) is 0 Å². The van der Waals surface area contributed by atoms with Crippen LogP contribution in [0.1, 0.15) is 25.5 Å². The first-order chi connectivity index (χ1) is 9.21. The molecule has 1 rings (SSSR count). The van der Waals surface area contributed by atoms with Crippen LogP contribution in [-0.2, 0) is 10.2 Å². The van der Waals surface area contributed by atoms with Crippen molar-refractivity contribution in [3.8, 4) is 0 Å². The summed E-state index contributed by atoms with van der Waals surface area (Å²) in [5.41, 5.74) is 0.967. The molecule has 114 valence electrons. The van der Waals surface area contributed by atoms with Crippen LogP contribution in [0.2, 0.25) is 5.02 Å². The van der Waals surface area contributed by atoms with Crippen LogP contribution in [0, 0.1) is 0 Å². The van der Waals surface area contributed by atoms with Crippen molar-refractivity contribution in [3.05, 3.63) is 34.9 Å². The first kappa shape index (κ1) is 17.4. The van der Waals surface area contributed by atoms with Gasteiger partial charge in [0.25, 0.3) is 10.2 Å². The zero-order valence-electron chi connectivity index (χ0n) is 12.2. The van der Waals surface area contributed by atoms with Crippen LogP contribution in [-0.4, -0.2) is 40.0 Å². The van der Waals surface area contributed by atoms with E-state index in [1.54, 1.807) is 19.9 Å². The highest BCUT2D eigenvalue weighted by atomic mass is 35.5. The molecule has 0 spiro atoms. The van der Waals surface area contributed by atoms with E-state index >= 15 is 0 Å². The van der Waals surface area contributed by atoms with Gasteiger partial charge < -0.3 is 4.90 Å². The highest BCUT2D eigenvalue weighted by Gasteiger charge is 2.18. The first-order valence-electron chi connectivity index (χ1n) is 6.40. The highest BCUT2D eigenvalue weighted by molar-refractivity contribution is 7.87. The molecule has 0 saturated carbocycles. The molecule has 0 heterocycles. The second-order valence-electron chi connectivity index (χ2n) is 5.16. The quantitative estimate of drug-likeness (QED) is 0.805. The Kier molecular flexibility index (Phi) is 6.42. The lowest BCUT2D eigenvalue weighted by Crippen LogP contribution is -2.43. The average molecular weight is 320 g/mol. The lowest BCUT2D eigenvalue weighted by atomic mass is 10.1. The molecule has 0 amide bonds. The van der Waals surface area contributed by atoms with E-state index < -0.39 is 10.2 Å². The summed E-state index contributed by atoms with van der Waals surface area (Å²) in [5, 5.41) is 0.637. The number of benzene rings is 1. The van der Waals surface area contributed by atoms with Gasteiger partial charge in [-0.3, -0.25) is 0 Å². The fourth-order valence-electron chi connectivity index (χ4n) is 1.85. The van der Waals surface area contributed by atoms with Gasteiger partial charge in [-0.15, -0.1) is 0 Å². The molecular formula is C13H22ClN3O2S. The van der Waals surface area contributed by atoms with Crippen LogP contribution < -0.4 is 9.44 Å². The molecule has 5 nitrogen and oxygen atoms in total. The molecular weight excluding hydrogens is 298 g/mol. The van der Waals surface area contributed by atoms with Crippen LogP contribution in [0.15, 0.2) is 24.3 Å². The Morgan fingerprint density at radius 2 is 1.95 bits per heavy atom. The predicted octanol–water partition coefficient (Wildman–Crippen LogP) is 1.78. The van der Waals surface area contributed by atoms with E-state index in [1.807, 2.05) is 37.2 Å². The SMILES string of the molecule is CC(C)NS(=O)(=O)NCC(c1cccc(Cl)c1)N(C)C. The summed E-state index contributed by atoms with van der Waals surface area (Å²) in [5.74, 6) is 0. The number of rotatable bonds is 7. The molecule has 0 aliphatic heterocycles. The molecule has 7 heteroatoms. The Labute approximate surface area is 126 Å². The van der Waals surface area contributed by atoms with Crippen LogP contribution in [0.5, 0.6) is 0 Å². The maximum absolute atomic E-state index is 11.8. The monoisotopic (exact) mass is 319 g/mol. The smallest absolute Gasteiger partial charge is 0.277 e. The maximum atomic E-state index is 11.8. The minimum atomic E-state index is -3.49. The van der Waals surface area contributed by atoms with E-state index in [4.69, 9.17) is 11.6 Å². The summed E-state index contributed by atoms with van der Waals surface area (Å²) in [4.78, 5) is 1.95. The maximum Gasteiger partial charge on any atom is 0.277 e. The standard InChI is InChI=1S/C13H22ClN3O2S/c1-10(2)16-20(18,19)15-9-13(17(3)4)11-6-5-7-12(14)8-11/h5-8,10,13,15-16H,9H2,1-4H3. The van der Waals surface area contributed by atoms with Crippen molar-refractivity contribution in [1.29, 1.82) is 0 Å². The minimum Gasteiger partial charge on any atom is -0.301 e. The van der Waals surface area contributed by atoms with Crippen molar-refractivity contribution in [2.45, 2.75) is 25.9 Å². The number of likely N-dealkylation sites (N-methyl/N-ethyl adjacent to an activating group) is 1. The van der Waals surface area contributed by atoms with Gasteiger partial charge in [-0.05, 0) is 45.6 Å². The number of hydrogen-bond acceptors (Lipinski definition) is 3. The normalized spacial score (nSPS) is 13.9. The molecule has 0 aromatic heterocycles. The molecule has 0 saturated heterocycles. The fourth-order valence-corrected chi connectivity index (χ4v) is 3.13. The Morgan fingerprint density at radius 3 is 2.45 bits per heavy atom. The number of nitrogens with zero attached hydrogens (tertiary/aromatic N) is 1. The van der Waals surface area contributed by atoms with Gasteiger partial charge in [-0.25, -0.2) is 4.72 Å². The van der Waals surface area contributed by atoms with Gasteiger partial charge in [0.05, 0.1) is 0 Å². The second kappa shape index (κ2) is 7.38. The Balaban J connectivity index is 2.80. The lowest BCUT2D eigenvalue weighted by Gasteiger charge is -2.25. The summed E-state index contributed by atoms with van der Waals surface area (Å²) in [6.07, 6.45) is 0. The van der Waals surface area contributed by atoms with Crippen molar-refractivity contribution >= 4 is 21.8 Å². The summed E-state index contributed by atoms with van der Waals surface area (Å²) >= 11 is 5.98. The molecule has 1 aromatic carbocycles. The van der Waals surface area contributed by atoms with E-state index in [9.17, 15) is 8.42 Å². The molecule has 1 atom stereocenters. The number of nitrogens with one attached hydrogen (secondary N) is 2. The van der Waals surface area contributed by atoms with Crippen molar-refractivity contribution < 1.29 is 8.42 Å². The van der Waals surface area contributed by atoms with E-state index in [0.717, 1.165) is 5.56 Å². The lowest BCUT2D eigenvalue weighted by molar-refractivity contribution is 0.299. The van der Waals surface area contributed by atoms with Gasteiger partial charge in [0, 0.05) is 23.7 Å². The summed E-state index contributed by atoms with van der Waals surface area (Å²) in [7, 11) is 0.310. The summed E-state index contributed by atoms with van der Waals surface area (Å²) in [6, 6.07) is 7.20. The van der Waals surface area contributed by atoms with Crippen molar-refractivity contribution in [2.24, 2.45) is 0 Å². The predicted molar refractivity (Wildman–Crippen MR) is 83.1 cm³/mol. The van der Waals surface area contributed by atoms with E-state index in [-0.39, 0.29) is 18.6 Å². The van der Waals surface area contributed by atoms with E-state index in [2.05, 4.69) is 9.44 Å². The van der Waals surface area contributed by atoms with E-state index in [1.165, 1.54) is 0 Å². The zero-order valence-corrected chi connectivity index (χ0v) is 13.8. The zero-order chi connectivity index (χ0) is 15.3. The van der Waals surface area contributed by atoms with E-state index in [0.29, 0.717) is 5.02 Å². The Hall–Kier alpha value is -0.660. The third-order valence-electron chi connectivity index (χ3n) is 2.71. The molecule has 0 aliphatic carbocycles.